The zero-order valence-electron chi connectivity index (χ0n) is 22.9. The van der Waals surface area contributed by atoms with Crippen LogP contribution >= 0.6 is 0 Å². The van der Waals surface area contributed by atoms with Crippen LogP contribution in [0, 0.1) is 5.92 Å². The number of ether oxygens (including phenoxy) is 3. The fraction of sp³-hybridized carbons (Fsp3) is 0.517. The molecule has 3 aliphatic rings. The van der Waals surface area contributed by atoms with E-state index in [2.05, 4.69) is 0 Å². The minimum atomic E-state index is -3.37. The molecular formula is C29H37FN2O6Si. The van der Waals surface area contributed by atoms with Gasteiger partial charge in [0.15, 0.2) is 6.61 Å². The first-order chi connectivity index (χ1) is 18.6. The second-order valence-electron chi connectivity index (χ2n) is 11.2. The Hall–Kier alpha value is -2.95. The molecule has 2 aromatic rings. The number of anilines is 2. The lowest BCUT2D eigenvalue weighted by atomic mass is 9.86. The van der Waals surface area contributed by atoms with Crippen molar-refractivity contribution in [2.45, 2.75) is 63.1 Å². The maximum Gasteiger partial charge on any atom is 0.269 e. The molecule has 210 valence electrons. The molecule has 0 saturated carbocycles. The molecule has 8 nitrogen and oxygen atoms in total. The molecule has 2 amide bonds. The van der Waals surface area contributed by atoms with Gasteiger partial charge in [0.05, 0.1) is 24.4 Å². The number of aliphatic hydroxyl groups is 1. The molecule has 0 aliphatic carbocycles. The van der Waals surface area contributed by atoms with Gasteiger partial charge in [-0.3, -0.25) is 14.5 Å². The summed E-state index contributed by atoms with van der Waals surface area (Å²) in [4.78, 5) is 29.5. The molecule has 5 atom stereocenters. The van der Waals surface area contributed by atoms with Gasteiger partial charge in [0, 0.05) is 42.8 Å². The SMILES string of the molecule is CO[C@H]1c2cc(N3C(=O)COc4ccccc43)ccc2O[C@@H](C(CC(=O)N2CCC[C@H]2CO)[Si](C)(C)F)[C@@H]1C. The average molecular weight is 557 g/mol. The molecule has 1 unspecified atom stereocenters. The smallest absolute Gasteiger partial charge is 0.269 e. The number of amides is 2. The van der Waals surface area contributed by atoms with E-state index in [1.54, 1.807) is 36.1 Å². The number of hydrogen-bond donors (Lipinski definition) is 1. The summed E-state index contributed by atoms with van der Waals surface area (Å²) < 4.78 is 33.9. The normalized spacial score (nSPS) is 25.4. The Morgan fingerprint density at radius 3 is 2.72 bits per heavy atom. The van der Waals surface area contributed by atoms with Gasteiger partial charge in [-0.25, -0.2) is 0 Å². The number of carbonyl (C=O) groups excluding carboxylic acids is 2. The average Bonchev–Trinajstić information content (AvgIpc) is 3.40. The molecule has 1 saturated heterocycles. The van der Waals surface area contributed by atoms with Crippen molar-refractivity contribution in [1.82, 2.24) is 4.90 Å². The number of benzene rings is 2. The maximum atomic E-state index is 15.9. The summed E-state index contributed by atoms with van der Waals surface area (Å²) in [5.41, 5.74) is 1.51. The lowest BCUT2D eigenvalue weighted by molar-refractivity contribution is -0.133. The van der Waals surface area contributed by atoms with Gasteiger partial charge in [-0.15, -0.1) is 0 Å². The summed E-state index contributed by atoms with van der Waals surface area (Å²) in [6.45, 7) is 5.65. The number of likely N-dealkylation sites (tertiary alicyclic amines) is 1. The summed E-state index contributed by atoms with van der Waals surface area (Å²) in [7, 11) is -1.75. The van der Waals surface area contributed by atoms with Crippen LogP contribution in [0.15, 0.2) is 42.5 Å². The molecule has 2 aromatic carbocycles. The first-order valence-corrected chi connectivity index (χ1v) is 16.6. The highest BCUT2D eigenvalue weighted by Crippen LogP contribution is 2.49. The number of halogens is 1. The van der Waals surface area contributed by atoms with Gasteiger partial charge in [0.1, 0.15) is 17.6 Å². The Morgan fingerprint density at radius 2 is 2.00 bits per heavy atom. The van der Waals surface area contributed by atoms with Crippen molar-refractivity contribution >= 4 is 31.6 Å². The van der Waals surface area contributed by atoms with Crippen molar-refractivity contribution in [3.05, 3.63) is 48.0 Å². The summed E-state index contributed by atoms with van der Waals surface area (Å²) in [5, 5.41) is 9.70. The summed E-state index contributed by atoms with van der Waals surface area (Å²) in [6.07, 6.45) is 0.647. The lowest BCUT2D eigenvalue weighted by Gasteiger charge is -2.43. The summed E-state index contributed by atoms with van der Waals surface area (Å²) >= 11 is 0. The fourth-order valence-electron chi connectivity index (χ4n) is 6.30. The van der Waals surface area contributed by atoms with Crippen molar-refractivity contribution in [2.24, 2.45) is 5.92 Å². The highest BCUT2D eigenvalue weighted by molar-refractivity contribution is 6.72. The number of fused-ring (bicyclic) bond motifs is 2. The number of aliphatic hydroxyl groups excluding tert-OH is 1. The van der Waals surface area contributed by atoms with Crippen LogP contribution < -0.4 is 14.4 Å². The second-order valence-corrected chi connectivity index (χ2v) is 15.1. The molecule has 39 heavy (non-hydrogen) atoms. The quantitative estimate of drug-likeness (QED) is 0.391. The number of methoxy groups -OCH3 is 1. The minimum absolute atomic E-state index is 0.0319. The first kappa shape index (κ1) is 27.6. The van der Waals surface area contributed by atoms with E-state index in [0.717, 1.165) is 18.4 Å². The Balaban J connectivity index is 1.46. The molecule has 1 N–H and O–H groups in total. The Morgan fingerprint density at radius 1 is 1.23 bits per heavy atom. The van der Waals surface area contributed by atoms with Crippen molar-refractivity contribution in [3.63, 3.8) is 0 Å². The largest absolute Gasteiger partial charge is 0.490 e. The third-order valence-electron chi connectivity index (χ3n) is 8.36. The molecular weight excluding hydrogens is 519 g/mol. The van der Waals surface area contributed by atoms with E-state index in [1.807, 2.05) is 43.3 Å². The van der Waals surface area contributed by atoms with Gasteiger partial charge in [-0.2, -0.15) is 0 Å². The van der Waals surface area contributed by atoms with E-state index in [4.69, 9.17) is 14.2 Å². The Labute approximate surface area is 229 Å². The van der Waals surface area contributed by atoms with Crippen molar-refractivity contribution < 1.29 is 33.0 Å². The Kier molecular flexibility index (Phi) is 7.72. The molecule has 1 fully saturated rings. The van der Waals surface area contributed by atoms with Crippen molar-refractivity contribution in [3.8, 4) is 11.5 Å². The van der Waals surface area contributed by atoms with Crippen LogP contribution in [0.2, 0.25) is 18.6 Å². The van der Waals surface area contributed by atoms with E-state index in [1.165, 1.54) is 0 Å². The van der Waals surface area contributed by atoms with E-state index in [9.17, 15) is 14.7 Å². The fourth-order valence-corrected chi connectivity index (χ4v) is 8.11. The zero-order valence-corrected chi connectivity index (χ0v) is 23.9. The predicted molar refractivity (Wildman–Crippen MR) is 148 cm³/mol. The monoisotopic (exact) mass is 556 g/mol. The molecule has 0 aromatic heterocycles. The third-order valence-corrected chi connectivity index (χ3v) is 10.7. The molecule has 10 heteroatoms. The van der Waals surface area contributed by atoms with Crippen molar-refractivity contribution in [2.75, 3.05) is 31.8 Å². The molecule has 0 bridgehead atoms. The van der Waals surface area contributed by atoms with E-state index in [-0.39, 0.29) is 43.4 Å². The van der Waals surface area contributed by atoms with Crippen LogP contribution in [0.25, 0.3) is 0 Å². The van der Waals surface area contributed by atoms with E-state index >= 15 is 4.11 Å². The lowest BCUT2D eigenvalue weighted by Crippen LogP contribution is -2.48. The number of carbonyl (C=O) groups is 2. The maximum absolute atomic E-state index is 15.9. The van der Waals surface area contributed by atoms with E-state index in [0.29, 0.717) is 29.4 Å². The van der Waals surface area contributed by atoms with Crippen LogP contribution in [0.5, 0.6) is 11.5 Å². The van der Waals surface area contributed by atoms with E-state index < -0.39 is 26.2 Å². The van der Waals surface area contributed by atoms with Crippen LogP contribution in [-0.4, -0.2) is 69.2 Å². The summed E-state index contributed by atoms with van der Waals surface area (Å²) in [6, 6.07) is 12.7. The predicted octanol–water partition coefficient (Wildman–Crippen LogP) is 4.75. The third kappa shape index (κ3) is 5.17. The minimum Gasteiger partial charge on any atom is -0.490 e. The second kappa shape index (κ2) is 10.9. The van der Waals surface area contributed by atoms with Crippen LogP contribution in [0.4, 0.5) is 15.5 Å². The van der Waals surface area contributed by atoms with Gasteiger partial charge in [0.25, 0.3) is 5.91 Å². The molecule has 3 heterocycles. The molecule has 0 spiro atoms. The van der Waals surface area contributed by atoms with Gasteiger partial charge in [0.2, 0.25) is 14.3 Å². The van der Waals surface area contributed by atoms with Crippen molar-refractivity contribution in [1.29, 1.82) is 0 Å². The zero-order chi connectivity index (χ0) is 27.9. The first-order valence-electron chi connectivity index (χ1n) is 13.6. The van der Waals surface area contributed by atoms with Crippen LogP contribution in [0.1, 0.15) is 37.9 Å². The molecule has 0 radical (unpaired) electrons. The van der Waals surface area contributed by atoms with Crippen LogP contribution in [-0.2, 0) is 14.3 Å². The number of hydrogen-bond acceptors (Lipinski definition) is 6. The summed E-state index contributed by atoms with van der Waals surface area (Å²) in [5.74, 6) is 0.625. The Bertz CT molecular complexity index is 1240. The number of nitrogens with zero attached hydrogens (tertiary/aromatic N) is 2. The highest BCUT2D eigenvalue weighted by Gasteiger charge is 2.49. The van der Waals surface area contributed by atoms with Gasteiger partial charge in [-0.1, -0.05) is 19.1 Å². The van der Waals surface area contributed by atoms with Gasteiger partial charge >= 0.3 is 0 Å². The molecule has 3 aliphatic heterocycles. The van der Waals surface area contributed by atoms with Crippen LogP contribution in [0.3, 0.4) is 0 Å². The van der Waals surface area contributed by atoms with Gasteiger partial charge in [-0.05, 0) is 56.3 Å². The van der Waals surface area contributed by atoms with Gasteiger partial charge < -0.3 is 28.3 Å². The number of para-hydroxylation sites is 2. The highest BCUT2D eigenvalue weighted by atomic mass is 28.4. The topological polar surface area (TPSA) is 88.5 Å². The standard InChI is InChI=1S/C29H37FN2O6Si/c1-18-28(36-2)21-14-19(32-22-9-5-6-10-24(22)37-17-27(32)35)11-12-23(21)38-29(18)25(39(3,4)30)15-26(34)31-13-7-8-20(31)16-33/h5-6,9-12,14,18,20,25,28-29,33H,7-8,13,15-17H2,1-4H3/t18-,20+,25?,28-,29-/m1/s1. The number of rotatable bonds is 7. The molecule has 5 rings (SSSR count).